The van der Waals surface area contributed by atoms with Crippen LogP contribution >= 0.6 is 0 Å². The van der Waals surface area contributed by atoms with Gasteiger partial charge in [-0.25, -0.2) is 14.6 Å². The Kier molecular flexibility index (Phi) is 4.24. The van der Waals surface area contributed by atoms with Crippen LogP contribution in [0.15, 0.2) is 18.6 Å². The van der Waals surface area contributed by atoms with E-state index < -0.39 is 5.97 Å². The van der Waals surface area contributed by atoms with Crippen molar-refractivity contribution in [1.82, 2.24) is 25.0 Å². The molecule has 2 rings (SSSR count). The minimum absolute atomic E-state index is 0.196. The lowest BCUT2D eigenvalue weighted by Crippen LogP contribution is -2.09. The number of aromatic nitrogens is 5. The summed E-state index contributed by atoms with van der Waals surface area (Å²) in [6, 6.07) is 1.88. The van der Waals surface area contributed by atoms with Gasteiger partial charge in [-0.15, -0.1) is 5.10 Å². The Bertz CT molecular complexity index is 595. The number of nitrogens with one attached hydrogen (secondary N) is 1. The first-order valence-electron chi connectivity index (χ1n) is 6.21. The van der Waals surface area contributed by atoms with Crippen molar-refractivity contribution in [2.24, 2.45) is 0 Å². The second-order valence-electron chi connectivity index (χ2n) is 4.64. The van der Waals surface area contributed by atoms with E-state index in [1.54, 1.807) is 6.20 Å². The Hall–Kier alpha value is -2.51. The number of rotatable bonds is 6. The molecule has 0 unspecified atom stereocenters. The third-order valence-electron chi connectivity index (χ3n) is 2.61. The van der Waals surface area contributed by atoms with Crippen molar-refractivity contribution in [1.29, 1.82) is 0 Å². The topological polar surface area (TPSA) is 106 Å². The maximum absolute atomic E-state index is 10.5. The molecule has 0 aliphatic carbocycles. The van der Waals surface area contributed by atoms with E-state index in [1.165, 1.54) is 11.0 Å². The number of carbonyl (C=O) groups is 1. The quantitative estimate of drug-likeness (QED) is 0.806. The maximum atomic E-state index is 10.5. The number of anilines is 1. The largest absolute Gasteiger partial charge is 0.480 e. The lowest BCUT2D eigenvalue weighted by atomic mass is 10.1. The summed E-state index contributed by atoms with van der Waals surface area (Å²) in [4.78, 5) is 18.8. The van der Waals surface area contributed by atoms with Crippen LogP contribution in [-0.4, -0.2) is 36.0 Å². The molecule has 106 valence electrons. The second-order valence-corrected chi connectivity index (χ2v) is 4.64. The molecule has 20 heavy (non-hydrogen) atoms. The average molecular weight is 276 g/mol. The minimum atomic E-state index is -0.952. The van der Waals surface area contributed by atoms with Gasteiger partial charge in [0.05, 0.1) is 12.7 Å². The summed E-state index contributed by atoms with van der Waals surface area (Å²) >= 11 is 0. The molecule has 0 amide bonds. The van der Waals surface area contributed by atoms with E-state index in [4.69, 9.17) is 5.11 Å². The van der Waals surface area contributed by atoms with Gasteiger partial charge >= 0.3 is 5.97 Å². The van der Waals surface area contributed by atoms with E-state index in [2.05, 4.69) is 39.4 Å². The van der Waals surface area contributed by atoms with Crippen LogP contribution in [0.2, 0.25) is 0 Å². The molecule has 0 atom stereocenters. The SMILES string of the molecule is CC(C)c1cc(NCc2cn(CC(=O)O)nn2)ncn1. The predicted octanol–water partition coefficient (Wildman–Crippen LogP) is 0.888. The molecule has 2 N–H and O–H groups in total. The van der Waals surface area contributed by atoms with E-state index in [0.29, 0.717) is 24.0 Å². The van der Waals surface area contributed by atoms with Gasteiger partial charge in [-0.3, -0.25) is 4.79 Å². The fourth-order valence-electron chi connectivity index (χ4n) is 1.60. The predicted molar refractivity (Wildman–Crippen MR) is 71.1 cm³/mol. The molecule has 8 heteroatoms. The third kappa shape index (κ3) is 3.74. The van der Waals surface area contributed by atoms with Crippen molar-refractivity contribution in [2.45, 2.75) is 32.9 Å². The minimum Gasteiger partial charge on any atom is -0.480 e. The zero-order chi connectivity index (χ0) is 14.5. The molecular weight excluding hydrogens is 260 g/mol. The summed E-state index contributed by atoms with van der Waals surface area (Å²) < 4.78 is 1.28. The van der Waals surface area contributed by atoms with Crippen LogP contribution in [0, 0.1) is 0 Å². The van der Waals surface area contributed by atoms with Crippen molar-refractivity contribution in [3.05, 3.63) is 30.0 Å². The van der Waals surface area contributed by atoms with Crippen LogP contribution < -0.4 is 5.32 Å². The van der Waals surface area contributed by atoms with Crippen LogP contribution in [0.1, 0.15) is 31.2 Å². The van der Waals surface area contributed by atoms with Crippen LogP contribution in [0.4, 0.5) is 5.82 Å². The van der Waals surface area contributed by atoms with Gasteiger partial charge < -0.3 is 10.4 Å². The molecule has 8 nitrogen and oxygen atoms in total. The standard InChI is InChI=1S/C12H16N6O2/c1-8(2)10-3-11(15-7-14-10)13-4-9-5-18(17-16-9)6-12(19)20/h3,5,7-8H,4,6H2,1-2H3,(H,19,20)(H,13,14,15). The molecule has 0 saturated heterocycles. The number of nitrogens with zero attached hydrogens (tertiary/aromatic N) is 5. The molecule has 0 fully saturated rings. The smallest absolute Gasteiger partial charge is 0.325 e. The van der Waals surface area contributed by atoms with E-state index in [-0.39, 0.29) is 6.54 Å². The molecule has 0 aliphatic heterocycles. The fraction of sp³-hybridized carbons (Fsp3) is 0.417. The van der Waals surface area contributed by atoms with Gasteiger partial charge in [0.2, 0.25) is 0 Å². The van der Waals surface area contributed by atoms with Crippen LogP contribution in [0.5, 0.6) is 0 Å². The first kappa shape index (κ1) is 13.9. The zero-order valence-corrected chi connectivity index (χ0v) is 11.3. The van der Waals surface area contributed by atoms with Gasteiger partial charge in [0.15, 0.2) is 0 Å². The van der Waals surface area contributed by atoms with Crippen LogP contribution in [-0.2, 0) is 17.9 Å². The van der Waals surface area contributed by atoms with Gasteiger partial charge in [-0.1, -0.05) is 19.1 Å². The summed E-state index contributed by atoms with van der Waals surface area (Å²) in [6.07, 6.45) is 3.10. The lowest BCUT2D eigenvalue weighted by molar-refractivity contribution is -0.137. The molecule has 2 heterocycles. The molecule has 0 saturated carbocycles. The molecule has 2 aromatic heterocycles. The normalized spacial score (nSPS) is 10.8. The van der Waals surface area contributed by atoms with Crippen molar-refractivity contribution < 1.29 is 9.90 Å². The maximum Gasteiger partial charge on any atom is 0.325 e. The van der Waals surface area contributed by atoms with Crippen molar-refractivity contribution in [3.63, 3.8) is 0 Å². The number of carboxylic acids is 1. The van der Waals surface area contributed by atoms with Gasteiger partial charge in [0.1, 0.15) is 24.4 Å². The zero-order valence-electron chi connectivity index (χ0n) is 11.3. The van der Waals surface area contributed by atoms with Crippen LogP contribution in [0.25, 0.3) is 0 Å². The van der Waals surface area contributed by atoms with E-state index >= 15 is 0 Å². The molecule has 0 aromatic carbocycles. The van der Waals surface area contributed by atoms with Crippen molar-refractivity contribution >= 4 is 11.8 Å². The first-order valence-corrected chi connectivity index (χ1v) is 6.21. The Morgan fingerprint density at radius 1 is 1.45 bits per heavy atom. The average Bonchev–Trinajstić information content (AvgIpc) is 2.83. The second kappa shape index (κ2) is 6.09. The van der Waals surface area contributed by atoms with Gasteiger partial charge in [-0.05, 0) is 5.92 Å². The number of aliphatic carboxylic acids is 1. The summed E-state index contributed by atoms with van der Waals surface area (Å²) in [5, 5.41) is 19.4. The molecule has 0 spiro atoms. The first-order chi connectivity index (χ1) is 9.54. The lowest BCUT2D eigenvalue weighted by Gasteiger charge is -2.07. The Balaban J connectivity index is 1.96. The van der Waals surface area contributed by atoms with E-state index in [9.17, 15) is 4.79 Å². The Labute approximate surface area is 115 Å². The highest BCUT2D eigenvalue weighted by Crippen LogP contribution is 2.13. The molecule has 0 bridgehead atoms. The van der Waals surface area contributed by atoms with Crippen molar-refractivity contribution in [3.8, 4) is 0 Å². The molecule has 2 aromatic rings. The van der Waals surface area contributed by atoms with Gasteiger partial charge in [0, 0.05) is 11.8 Å². The summed E-state index contributed by atoms with van der Waals surface area (Å²) in [5.41, 5.74) is 1.60. The highest BCUT2D eigenvalue weighted by Gasteiger charge is 2.06. The monoisotopic (exact) mass is 276 g/mol. The van der Waals surface area contributed by atoms with Gasteiger partial charge in [0.25, 0.3) is 0 Å². The third-order valence-corrected chi connectivity index (χ3v) is 2.61. The molecule has 0 radical (unpaired) electrons. The highest BCUT2D eigenvalue weighted by atomic mass is 16.4. The highest BCUT2D eigenvalue weighted by molar-refractivity contribution is 5.66. The molecular formula is C12H16N6O2. The fourth-order valence-corrected chi connectivity index (χ4v) is 1.60. The Morgan fingerprint density at radius 3 is 2.95 bits per heavy atom. The number of carboxylic acid groups (broad SMARTS) is 1. The van der Waals surface area contributed by atoms with Gasteiger partial charge in [-0.2, -0.15) is 0 Å². The summed E-state index contributed by atoms with van der Waals surface area (Å²) in [7, 11) is 0. The van der Waals surface area contributed by atoms with Crippen molar-refractivity contribution in [2.75, 3.05) is 5.32 Å². The summed E-state index contributed by atoms with van der Waals surface area (Å²) in [6.45, 7) is 4.35. The van der Waals surface area contributed by atoms with Crippen LogP contribution in [0.3, 0.4) is 0 Å². The Morgan fingerprint density at radius 2 is 2.25 bits per heavy atom. The number of hydrogen-bond acceptors (Lipinski definition) is 6. The van der Waals surface area contributed by atoms with E-state index in [1.807, 2.05) is 6.07 Å². The summed E-state index contributed by atoms with van der Waals surface area (Å²) in [5.74, 6) is 0.0817. The van der Waals surface area contributed by atoms with E-state index in [0.717, 1.165) is 5.69 Å². The number of hydrogen-bond donors (Lipinski definition) is 2. The molecule has 0 aliphatic rings.